The summed E-state index contributed by atoms with van der Waals surface area (Å²) >= 11 is 0. The summed E-state index contributed by atoms with van der Waals surface area (Å²) < 4.78 is 24.1. The second-order valence-corrected chi connectivity index (χ2v) is 6.08. The zero-order valence-corrected chi connectivity index (χ0v) is 16.4. The van der Waals surface area contributed by atoms with E-state index in [1.54, 1.807) is 12.1 Å². The Labute approximate surface area is 172 Å². The number of carbonyl (C=O) groups is 1. The number of ether oxygens (including phenoxy) is 2. The number of aromatic hydroxyl groups is 1. The van der Waals surface area contributed by atoms with Crippen LogP contribution in [0.1, 0.15) is 23.0 Å². The van der Waals surface area contributed by atoms with Crippen molar-refractivity contribution in [1.82, 2.24) is 15.4 Å². The Morgan fingerprint density at radius 3 is 2.77 bits per heavy atom. The first-order chi connectivity index (χ1) is 14.5. The normalized spacial score (nSPS) is 10.5. The molecule has 0 aliphatic heterocycles. The molecular weight excluding hydrogens is 393 g/mol. The van der Waals surface area contributed by atoms with Crippen LogP contribution in [-0.2, 0) is 11.4 Å². The molecular formula is C21H20FN3O5. The van der Waals surface area contributed by atoms with E-state index in [1.807, 2.05) is 6.92 Å². The van der Waals surface area contributed by atoms with Gasteiger partial charge < -0.3 is 14.6 Å². The molecule has 0 saturated heterocycles. The molecule has 0 saturated carbocycles. The van der Waals surface area contributed by atoms with Gasteiger partial charge in [-0.25, -0.2) is 14.9 Å². The minimum absolute atomic E-state index is 0.00742. The lowest BCUT2D eigenvalue weighted by Crippen LogP contribution is -2.25. The topological polar surface area (TPSA) is 103 Å². The van der Waals surface area contributed by atoms with Gasteiger partial charge in [0.15, 0.2) is 11.5 Å². The molecule has 3 aromatic rings. The van der Waals surface area contributed by atoms with E-state index in [4.69, 9.17) is 14.3 Å². The number of phenols is 1. The Hall–Kier alpha value is -3.72. The summed E-state index contributed by atoms with van der Waals surface area (Å²) in [5.74, 6) is -0.362. The van der Waals surface area contributed by atoms with Crippen LogP contribution in [0.2, 0.25) is 0 Å². The Bertz CT molecular complexity index is 1040. The largest absolute Gasteiger partial charge is 0.504 e. The molecule has 8 nitrogen and oxygen atoms in total. The van der Waals surface area contributed by atoms with E-state index in [2.05, 4.69) is 15.4 Å². The van der Waals surface area contributed by atoms with Crippen molar-refractivity contribution in [3.63, 3.8) is 0 Å². The number of amides is 1. The Morgan fingerprint density at radius 2 is 2.03 bits per heavy atom. The van der Waals surface area contributed by atoms with E-state index in [0.29, 0.717) is 29.4 Å². The second kappa shape index (κ2) is 9.66. The number of methoxy groups -OCH3 is 1. The fraction of sp³-hybridized carbons (Fsp3) is 0.190. The fourth-order valence-corrected chi connectivity index (χ4v) is 2.59. The van der Waals surface area contributed by atoms with Crippen LogP contribution in [0.3, 0.4) is 0 Å². The monoisotopic (exact) mass is 413 g/mol. The molecule has 0 atom stereocenters. The molecule has 30 heavy (non-hydrogen) atoms. The molecule has 0 aliphatic carbocycles. The van der Waals surface area contributed by atoms with Crippen molar-refractivity contribution in [3.8, 4) is 28.5 Å². The smallest absolute Gasteiger partial charge is 0.295 e. The van der Waals surface area contributed by atoms with Gasteiger partial charge in [-0.2, -0.15) is 0 Å². The van der Waals surface area contributed by atoms with Crippen LogP contribution in [0.25, 0.3) is 11.3 Å². The summed E-state index contributed by atoms with van der Waals surface area (Å²) in [5.41, 5.74) is 3.35. The van der Waals surface area contributed by atoms with Crippen LogP contribution >= 0.6 is 0 Å². The van der Waals surface area contributed by atoms with Crippen LogP contribution in [0, 0.1) is 5.82 Å². The maximum Gasteiger partial charge on any atom is 0.295 e. The second-order valence-electron chi connectivity index (χ2n) is 6.08. The average Bonchev–Trinajstić information content (AvgIpc) is 2.76. The highest BCUT2D eigenvalue weighted by molar-refractivity contribution is 5.91. The molecule has 1 amide bonds. The van der Waals surface area contributed by atoms with Crippen LogP contribution in [0.5, 0.6) is 17.2 Å². The summed E-state index contributed by atoms with van der Waals surface area (Å²) in [6.07, 6.45) is 2.72. The van der Waals surface area contributed by atoms with E-state index in [9.17, 15) is 14.3 Å². The van der Waals surface area contributed by atoms with Gasteiger partial charge in [0.1, 0.15) is 23.9 Å². The molecule has 9 heteroatoms. The molecule has 0 fully saturated rings. The predicted octanol–water partition coefficient (Wildman–Crippen LogP) is 3.26. The molecule has 1 heterocycles. The number of hydrogen-bond acceptors (Lipinski definition) is 7. The van der Waals surface area contributed by atoms with E-state index >= 15 is 0 Å². The number of hydrogen-bond donors (Lipinski definition) is 2. The van der Waals surface area contributed by atoms with Gasteiger partial charge in [-0.15, -0.1) is 0 Å². The Balaban J connectivity index is 1.67. The molecule has 0 unspecified atom stereocenters. The van der Waals surface area contributed by atoms with E-state index in [1.165, 1.54) is 43.8 Å². The number of aromatic nitrogens is 2. The number of rotatable bonds is 8. The fourth-order valence-electron chi connectivity index (χ4n) is 2.59. The maximum absolute atomic E-state index is 13.8. The summed E-state index contributed by atoms with van der Waals surface area (Å²) in [7, 11) is 1.47. The SMILES string of the molecule is CCOc1ccc(-c2cncc(C(=O)NOCc3cc(OC)ccc3F)n2)cc1O. The molecule has 3 rings (SSSR count). The number of benzene rings is 2. The zero-order chi connectivity index (χ0) is 21.5. The third-order valence-corrected chi connectivity index (χ3v) is 4.07. The molecule has 2 aromatic carbocycles. The van der Waals surface area contributed by atoms with Crippen molar-refractivity contribution in [2.45, 2.75) is 13.5 Å². The van der Waals surface area contributed by atoms with E-state index in [0.717, 1.165) is 0 Å². The quantitative estimate of drug-likeness (QED) is 0.547. The van der Waals surface area contributed by atoms with Crippen LogP contribution in [0.15, 0.2) is 48.8 Å². The minimum Gasteiger partial charge on any atom is -0.504 e. The highest BCUT2D eigenvalue weighted by Crippen LogP contribution is 2.30. The van der Waals surface area contributed by atoms with E-state index < -0.39 is 11.7 Å². The van der Waals surface area contributed by atoms with Crippen molar-refractivity contribution < 1.29 is 28.6 Å². The third kappa shape index (κ3) is 5.00. The van der Waals surface area contributed by atoms with Gasteiger partial charge in [0, 0.05) is 11.1 Å². The number of nitrogens with one attached hydrogen (secondary N) is 1. The van der Waals surface area contributed by atoms with Crippen LogP contribution < -0.4 is 15.0 Å². The predicted molar refractivity (Wildman–Crippen MR) is 106 cm³/mol. The summed E-state index contributed by atoms with van der Waals surface area (Å²) in [5, 5.41) is 10.0. The lowest BCUT2D eigenvalue weighted by molar-refractivity contribution is 0.0219. The number of halogens is 1. The maximum atomic E-state index is 13.8. The van der Waals surface area contributed by atoms with Crippen molar-refractivity contribution >= 4 is 5.91 Å². The van der Waals surface area contributed by atoms with Crippen molar-refractivity contribution in [2.24, 2.45) is 0 Å². The molecule has 2 N–H and O–H groups in total. The van der Waals surface area contributed by atoms with Gasteiger partial charge in [-0.05, 0) is 43.3 Å². The van der Waals surface area contributed by atoms with Gasteiger partial charge in [-0.3, -0.25) is 14.6 Å². The number of phenolic OH excluding ortho intramolecular Hbond substituents is 1. The number of nitrogens with zero attached hydrogens (tertiary/aromatic N) is 2. The van der Waals surface area contributed by atoms with Gasteiger partial charge in [0.05, 0.1) is 31.8 Å². The molecule has 0 spiro atoms. The Kier molecular flexibility index (Phi) is 6.76. The lowest BCUT2D eigenvalue weighted by atomic mass is 10.1. The zero-order valence-electron chi connectivity index (χ0n) is 16.4. The van der Waals surface area contributed by atoms with Gasteiger partial charge in [0.2, 0.25) is 0 Å². The standard InChI is InChI=1S/C21H20FN3O5/c1-3-29-20-7-4-13(9-19(20)26)17-10-23-11-18(24-17)21(27)25-30-12-14-8-15(28-2)5-6-16(14)22/h4-11,26H,3,12H2,1-2H3,(H,25,27). The number of carbonyl (C=O) groups excluding carboxylic acids is 1. The summed E-state index contributed by atoms with van der Waals surface area (Å²) in [6, 6.07) is 8.98. The molecule has 1 aromatic heterocycles. The van der Waals surface area contributed by atoms with Crippen molar-refractivity contribution in [1.29, 1.82) is 0 Å². The third-order valence-electron chi connectivity index (χ3n) is 4.07. The van der Waals surface area contributed by atoms with Gasteiger partial charge in [-0.1, -0.05) is 0 Å². The minimum atomic E-state index is -0.650. The Morgan fingerprint density at radius 1 is 1.20 bits per heavy atom. The average molecular weight is 413 g/mol. The van der Waals surface area contributed by atoms with Crippen LogP contribution in [0.4, 0.5) is 4.39 Å². The first-order valence-corrected chi connectivity index (χ1v) is 9.04. The van der Waals surface area contributed by atoms with Crippen molar-refractivity contribution in [3.05, 3.63) is 65.9 Å². The molecule has 156 valence electrons. The van der Waals surface area contributed by atoms with E-state index in [-0.39, 0.29) is 23.6 Å². The first-order valence-electron chi connectivity index (χ1n) is 9.04. The van der Waals surface area contributed by atoms with Gasteiger partial charge >= 0.3 is 0 Å². The first kappa shape index (κ1) is 21.0. The number of hydroxylamine groups is 1. The molecule has 0 bridgehead atoms. The van der Waals surface area contributed by atoms with Crippen LogP contribution in [-0.4, -0.2) is 34.7 Å². The summed E-state index contributed by atoms with van der Waals surface area (Å²) in [6.45, 7) is 2.03. The van der Waals surface area contributed by atoms with Crippen molar-refractivity contribution in [2.75, 3.05) is 13.7 Å². The summed E-state index contributed by atoms with van der Waals surface area (Å²) in [4.78, 5) is 25.6. The molecule has 0 aliphatic rings. The molecule has 0 radical (unpaired) electrons. The highest BCUT2D eigenvalue weighted by Gasteiger charge is 2.13. The lowest BCUT2D eigenvalue weighted by Gasteiger charge is -2.09. The highest BCUT2D eigenvalue weighted by atomic mass is 19.1. The van der Waals surface area contributed by atoms with Gasteiger partial charge in [0.25, 0.3) is 5.91 Å².